The SMILES string of the molecule is Nc1cc(F)c(S(=O)(=O)Cc2ccsc2)c(F)c1. The summed E-state index contributed by atoms with van der Waals surface area (Å²) in [4.78, 5) is -0.928. The molecule has 18 heavy (non-hydrogen) atoms. The molecule has 0 unspecified atom stereocenters. The second kappa shape index (κ2) is 4.66. The normalized spacial score (nSPS) is 11.7. The highest BCUT2D eigenvalue weighted by atomic mass is 32.2. The van der Waals surface area contributed by atoms with E-state index in [1.54, 1.807) is 16.8 Å². The summed E-state index contributed by atoms with van der Waals surface area (Å²) in [6.07, 6.45) is 0. The molecule has 2 rings (SSSR count). The zero-order valence-electron chi connectivity index (χ0n) is 9.06. The summed E-state index contributed by atoms with van der Waals surface area (Å²) in [5.74, 6) is -2.76. The van der Waals surface area contributed by atoms with E-state index in [9.17, 15) is 17.2 Å². The van der Waals surface area contributed by atoms with Crippen LogP contribution in [-0.2, 0) is 15.6 Å². The molecular formula is C11H9F2NO2S2. The third-order valence-corrected chi connectivity index (χ3v) is 4.73. The summed E-state index contributed by atoms with van der Waals surface area (Å²) < 4.78 is 51.0. The smallest absolute Gasteiger partial charge is 0.188 e. The van der Waals surface area contributed by atoms with Gasteiger partial charge < -0.3 is 5.73 Å². The molecule has 1 aromatic heterocycles. The molecule has 0 aliphatic carbocycles. The van der Waals surface area contributed by atoms with Gasteiger partial charge in [0.25, 0.3) is 0 Å². The molecule has 0 aliphatic rings. The molecule has 0 bridgehead atoms. The molecule has 2 aromatic rings. The van der Waals surface area contributed by atoms with E-state index in [0.29, 0.717) is 5.56 Å². The van der Waals surface area contributed by atoms with Crippen molar-refractivity contribution in [3.05, 3.63) is 46.2 Å². The van der Waals surface area contributed by atoms with E-state index >= 15 is 0 Å². The first-order chi connectivity index (χ1) is 8.40. The first kappa shape index (κ1) is 13.0. The van der Waals surface area contributed by atoms with Crippen LogP contribution in [0.2, 0.25) is 0 Å². The predicted molar refractivity (Wildman–Crippen MR) is 66.0 cm³/mol. The Balaban J connectivity index is 2.48. The van der Waals surface area contributed by atoms with Gasteiger partial charge in [-0.2, -0.15) is 11.3 Å². The van der Waals surface area contributed by atoms with Gasteiger partial charge in [-0.3, -0.25) is 0 Å². The van der Waals surface area contributed by atoms with Crippen LogP contribution >= 0.6 is 11.3 Å². The fourth-order valence-electron chi connectivity index (χ4n) is 1.54. The number of thiophene rings is 1. The number of anilines is 1. The minimum absolute atomic E-state index is 0.153. The lowest BCUT2D eigenvalue weighted by Gasteiger charge is -2.07. The van der Waals surface area contributed by atoms with Crippen LogP contribution < -0.4 is 5.73 Å². The molecule has 0 saturated carbocycles. The molecule has 96 valence electrons. The summed E-state index contributed by atoms with van der Waals surface area (Å²) in [7, 11) is -4.06. The minimum Gasteiger partial charge on any atom is -0.399 e. The lowest BCUT2D eigenvalue weighted by molar-refractivity contribution is 0.520. The molecule has 0 fully saturated rings. The van der Waals surface area contributed by atoms with Crippen LogP contribution in [0, 0.1) is 11.6 Å². The highest BCUT2D eigenvalue weighted by Crippen LogP contribution is 2.25. The van der Waals surface area contributed by atoms with Crippen molar-refractivity contribution in [2.75, 3.05) is 5.73 Å². The lowest BCUT2D eigenvalue weighted by Crippen LogP contribution is -2.10. The van der Waals surface area contributed by atoms with Gasteiger partial charge in [0, 0.05) is 5.69 Å². The van der Waals surface area contributed by atoms with Crippen molar-refractivity contribution >= 4 is 26.9 Å². The topological polar surface area (TPSA) is 60.2 Å². The molecule has 1 aromatic carbocycles. The van der Waals surface area contributed by atoms with Gasteiger partial charge in [0.1, 0.15) is 16.5 Å². The Morgan fingerprint density at radius 1 is 1.22 bits per heavy atom. The molecule has 2 N–H and O–H groups in total. The van der Waals surface area contributed by atoms with E-state index in [1.165, 1.54) is 11.3 Å². The number of halogens is 2. The molecule has 0 aliphatic heterocycles. The zero-order chi connectivity index (χ0) is 13.3. The zero-order valence-corrected chi connectivity index (χ0v) is 10.7. The third kappa shape index (κ3) is 2.51. The van der Waals surface area contributed by atoms with Gasteiger partial charge in [-0.05, 0) is 34.5 Å². The van der Waals surface area contributed by atoms with Gasteiger partial charge in [0.05, 0.1) is 5.75 Å². The molecule has 0 radical (unpaired) electrons. The Kier molecular flexibility index (Phi) is 3.36. The minimum atomic E-state index is -4.06. The number of sulfone groups is 1. The first-order valence-electron chi connectivity index (χ1n) is 4.88. The van der Waals surface area contributed by atoms with Crippen LogP contribution in [0.5, 0.6) is 0 Å². The van der Waals surface area contributed by atoms with Crippen molar-refractivity contribution in [3.8, 4) is 0 Å². The summed E-state index contributed by atoms with van der Waals surface area (Å²) in [6.45, 7) is 0. The van der Waals surface area contributed by atoms with E-state index in [4.69, 9.17) is 5.73 Å². The van der Waals surface area contributed by atoms with Crippen molar-refractivity contribution in [3.63, 3.8) is 0 Å². The quantitative estimate of drug-likeness (QED) is 0.883. The first-order valence-corrected chi connectivity index (χ1v) is 7.48. The van der Waals surface area contributed by atoms with Crippen LogP contribution in [0.4, 0.5) is 14.5 Å². The van der Waals surface area contributed by atoms with Crippen LogP contribution in [0.1, 0.15) is 5.56 Å². The molecule has 3 nitrogen and oxygen atoms in total. The van der Waals surface area contributed by atoms with Crippen LogP contribution in [0.15, 0.2) is 33.9 Å². The van der Waals surface area contributed by atoms with Gasteiger partial charge in [-0.1, -0.05) is 0 Å². The van der Waals surface area contributed by atoms with Crippen LogP contribution in [0.3, 0.4) is 0 Å². The fourth-order valence-corrected chi connectivity index (χ4v) is 3.79. The number of nitrogens with two attached hydrogens (primary N) is 1. The highest BCUT2D eigenvalue weighted by molar-refractivity contribution is 7.90. The van der Waals surface area contributed by atoms with Crippen molar-refractivity contribution in [2.45, 2.75) is 10.6 Å². The molecule has 0 atom stereocenters. The summed E-state index contributed by atoms with van der Waals surface area (Å²) in [6, 6.07) is 3.18. The predicted octanol–water partition coefficient (Wildman–Crippen LogP) is 2.58. The van der Waals surface area contributed by atoms with E-state index < -0.39 is 32.1 Å². The van der Waals surface area contributed by atoms with E-state index in [0.717, 1.165) is 12.1 Å². The second-order valence-electron chi connectivity index (χ2n) is 3.70. The Morgan fingerprint density at radius 3 is 2.33 bits per heavy atom. The van der Waals surface area contributed by atoms with Gasteiger partial charge in [0.15, 0.2) is 9.84 Å². The highest BCUT2D eigenvalue weighted by Gasteiger charge is 2.25. The Bertz CT molecular complexity index is 643. The molecule has 0 amide bonds. The van der Waals surface area contributed by atoms with Crippen LogP contribution in [-0.4, -0.2) is 8.42 Å². The number of hydrogen-bond acceptors (Lipinski definition) is 4. The fraction of sp³-hybridized carbons (Fsp3) is 0.0909. The average Bonchev–Trinajstić information content (AvgIpc) is 2.66. The monoisotopic (exact) mass is 289 g/mol. The van der Waals surface area contributed by atoms with Gasteiger partial charge in [-0.15, -0.1) is 0 Å². The molecular weight excluding hydrogens is 280 g/mol. The van der Waals surface area contributed by atoms with Crippen molar-refractivity contribution in [2.24, 2.45) is 0 Å². The molecule has 1 heterocycles. The average molecular weight is 289 g/mol. The van der Waals surface area contributed by atoms with Crippen molar-refractivity contribution < 1.29 is 17.2 Å². The maximum absolute atomic E-state index is 13.5. The van der Waals surface area contributed by atoms with E-state index in [-0.39, 0.29) is 5.69 Å². The van der Waals surface area contributed by atoms with Gasteiger partial charge in [-0.25, -0.2) is 17.2 Å². The number of nitrogen functional groups attached to an aromatic ring is 1. The Labute approximate surface area is 107 Å². The second-order valence-corrected chi connectivity index (χ2v) is 6.41. The maximum Gasteiger partial charge on any atom is 0.188 e. The van der Waals surface area contributed by atoms with Gasteiger partial charge in [0.2, 0.25) is 0 Å². The third-order valence-electron chi connectivity index (χ3n) is 2.27. The van der Waals surface area contributed by atoms with Crippen LogP contribution in [0.25, 0.3) is 0 Å². The standard InChI is InChI=1S/C11H9F2NO2S2/c12-9-3-8(14)4-10(13)11(9)18(15,16)6-7-1-2-17-5-7/h1-5H,6,14H2. The van der Waals surface area contributed by atoms with Crippen molar-refractivity contribution in [1.82, 2.24) is 0 Å². The summed E-state index contributed by atoms with van der Waals surface area (Å²) >= 11 is 1.31. The maximum atomic E-state index is 13.5. The summed E-state index contributed by atoms with van der Waals surface area (Å²) in [5.41, 5.74) is 5.58. The summed E-state index contributed by atoms with van der Waals surface area (Å²) in [5, 5.41) is 3.31. The number of benzene rings is 1. The van der Waals surface area contributed by atoms with Gasteiger partial charge >= 0.3 is 0 Å². The van der Waals surface area contributed by atoms with E-state index in [2.05, 4.69) is 0 Å². The molecule has 7 heteroatoms. The molecule has 0 spiro atoms. The number of rotatable bonds is 3. The number of hydrogen-bond donors (Lipinski definition) is 1. The van der Waals surface area contributed by atoms with Crippen molar-refractivity contribution in [1.29, 1.82) is 0 Å². The lowest BCUT2D eigenvalue weighted by atomic mass is 10.3. The largest absolute Gasteiger partial charge is 0.399 e. The Hall–Kier alpha value is -1.47. The Morgan fingerprint density at radius 2 is 1.83 bits per heavy atom. The van der Waals surface area contributed by atoms with E-state index in [1.807, 2.05) is 0 Å². The molecule has 0 saturated heterocycles.